The van der Waals surface area contributed by atoms with E-state index >= 15 is 0 Å². The van der Waals surface area contributed by atoms with Crippen molar-refractivity contribution in [2.45, 2.75) is 13.8 Å². The Hall–Kier alpha value is -0.915. The highest BCUT2D eigenvalue weighted by Gasteiger charge is 2.09. The molecule has 0 N–H and O–H groups in total. The Labute approximate surface area is 68.9 Å². The van der Waals surface area contributed by atoms with Crippen molar-refractivity contribution in [3.63, 3.8) is 0 Å². The van der Waals surface area contributed by atoms with Gasteiger partial charge in [-0.05, 0) is 12.2 Å². The normalized spacial score (nSPS) is 20.7. The highest BCUT2D eigenvalue weighted by molar-refractivity contribution is 5.99. The zero-order valence-corrected chi connectivity index (χ0v) is 7.29. The Morgan fingerprint density at radius 1 is 1.36 bits per heavy atom. The van der Waals surface area contributed by atoms with Gasteiger partial charge in [-0.25, -0.2) is 0 Å². The van der Waals surface area contributed by atoms with E-state index < -0.39 is 0 Å². The molecular formula is C9H13BO. The molecule has 11 heavy (non-hydrogen) atoms. The molecule has 0 saturated heterocycles. The van der Waals surface area contributed by atoms with Crippen LogP contribution in [0, 0.1) is 5.41 Å². The van der Waals surface area contributed by atoms with Gasteiger partial charge in [-0.1, -0.05) is 32.1 Å². The van der Waals surface area contributed by atoms with Gasteiger partial charge in [-0.15, -0.1) is 0 Å². The third-order valence-corrected chi connectivity index (χ3v) is 1.70. The van der Waals surface area contributed by atoms with Crippen LogP contribution in [0.25, 0.3) is 0 Å². The molecule has 1 nitrogen and oxygen atoms in total. The van der Waals surface area contributed by atoms with Gasteiger partial charge in [0.15, 0.2) is 0 Å². The molecule has 0 amide bonds. The molecule has 0 saturated carbocycles. The van der Waals surface area contributed by atoms with Crippen LogP contribution in [-0.2, 0) is 4.65 Å². The summed E-state index contributed by atoms with van der Waals surface area (Å²) >= 11 is 0. The van der Waals surface area contributed by atoms with Crippen LogP contribution >= 0.6 is 0 Å². The second-order valence-electron chi connectivity index (χ2n) is 3.29. The SMILES string of the molecule is BOC1=CC=CC(C)(C)C=C1. The molecule has 0 fully saturated rings. The number of allylic oxidation sites excluding steroid dienone is 5. The standard InChI is InChI=1S/C9H13BO/c1-9(2)6-3-4-8(11-10)5-7-9/h3-7H,10H2,1-2H3. The van der Waals surface area contributed by atoms with Crippen molar-refractivity contribution < 1.29 is 4.65 Å². The van der Waals surface area contributed by atoms with E-state index in [1.54, 1.807) is 8.05 Å². The Balaban J connectivity index is 2.83. The smallest absolute Gasteiger partial charge is 0.322 e. The number of rotatable bonds is 1. The molecule has 0 aliphatic heterocycles. The summed E-state index contributed by atoms with van der Waals surface area (Å²) in [4.78, 5) is 0. The Kier molecular flexibility index (Phi) is 2.23. The maximum Gasteiger partial charge on any atom is 0.322 e. The van der Waals surface area contributed by atoms with E-state index in [1.807, 2.05) is 18.2 Å². The maximum atomic E-state index is 5.09. The Morgan fingerprint density at radius 3 is 2.73 bits per heavy atom. The van der Waals surface area contributed by atoms with Crippen molar-refractivity contribution in [1.29, 1.82) is 0 Å². The first-order valence-corrected chi connectivity index (χ1v) is 3.77. The minimum atomic E-state index is 0.150. The quantitative estimate of drug-likeness (QED) is 0.513. The summed E-state index contributed by atoms with van der Waals surface area (Å²) in [6.45, 7) is 4.32. The first-order chi connectivity index (χ1) is 5.14. The van der Waals surface area contributed by atoms with Crippen molar-refractivity contribution in [2.75, 3.05) is 0 Å². The lowest BCUT2D eigenvalue weighted by Crippen LogP contribution is -2.00. The molecule has 0 heterocycles. The third kappa shape index (κ3) is 2.30. The summed E-state index contributed by atoms with van der Waals surface area (Å²) in [7, 11) is 1.68. The second-order valence-corrected chi connectivity index (χ2v) is 3.29. The molecule has 0 bridgehead atoms. The summed E-state index contributed by atoms with van der Waals surface area (Å²) in [5.74, 6) is 0.909. The molecule has 0 radical (unpaired) electrons. The maximum absolute atomic E-state index is 5.09. The van der Waals surface area contributed by atoms with Crippen LogP contribution < -0.4 is 0 Å². The van der Waals surface area contributed by atoms with Gasteiger partial charge in [0, 0.05) is 5.41 Å². The average molecular weight is 148 g/mol. The first kappa shape index (κ1) is 8.18. The molecule has 1 aliphatic carbocycles. The highest BCUT2D eigenvalue weighted by atomic mass is 16.4. The molecule has 58 valence electrons. The predicted octanol–water partition coefficient (Wildman–Crippen LogP) is 1.59. The largest absolute Gasteiger partial charge is 0.568 e. The van der Waals surface area contributed by atoms with Crippen molar-refractivity contribution >= 4 is 8.05 Å². The molecule has 0 unspecified atom stereocenters. The second kappa shape index (κ2) is 2.99. The van der Waals surface area contributed by atoms with Gasteiger partial charge in [0.25, 0.3) is 0 Å². The number of hydrogen-bond donors (Lipinski definition) is 0. The van der Waals surface area contributed by atoms with E-state index in [4.69, 9.17) is 4.65 Å². The Bertz CT molecular complexity index is 224. The fourth-order valence-electron chi connectivity index (χ4n) is 0.935. The van der Waals surface area contributed by atoms with Gasteiger partial charge in [0.05, 0.1) is 5.76 Å². The fraction of sp³-hybridized carbons (Fsp3) is 0.333. The zero-order valence-electron chi connectivity index (χ0n) is 7.29. The van der Waals surface area contributed by atoms with Crippen LogP contribution in [0.3, 0.4) is 0 Å². The van der Waals surface area contributed by atoms with Crippen LogP contribution in [0.1, 0.15) is 13.8 Å². The lowest BCUT2D eigenvalue weighted by Gasteiger charge is -2.12. The fourth-order valence-corrected chi connectivity index (χ4v) is 0.935. The van der Waals surface area contributed by atoms with Crippen LogP contribution in [0.4, 0.5) is 0 Å². The van der Waals surface area contributed by atoms with Gasteiger partial charge in [-0.2, -0.15) is 0 Å². The van der Waals surface area contributed by atoms with Crippen LogP contribution in [0.5, 0.6) is 0 Å². The van der Waals surface area contributed by atoms with E-state index in [9.17, 15) is 0 Å². The van der Waals surface area contributed by atoms with Crippen LogP contribution in [0.15, 0.2) is 36.1 Å². The lowest BCUT2D eigenvalue weighted by molar-refractivity contribution is 0.491. The van der Waals surface area contributed by atoms with Crippen molar-refractivity contribution in [3.8, 4) is 0 Å². The van der Waals surface area contributed by atoms with E-state index in [1.165, 1.54) is 0 Å². The van der Waals surface area contributed by atoms with E-state index in [0.29, 0.717) is 0 Å². The molecule has 0 atom stereocenters. The van der Waals surface area contributed by atoms with Gasteiger partial charge >= 0.3 is 8.05 Å². The molecule has 0 spiro atoms. The summed E-state index contributed by atoms with van der Waals surface area (Å²) in [5, 5.41) is 0. The van der Waals surface area contributed by atoms with Crippen LogP contribution in [-0.4, -0.2) is 8.05 Å². The van der Waals surface area contributed by atoms with E-state index in [-0.39, 0.29) is 5.41 Å². The van der Waals surface area contributed by atoms with Crippen molar-refractivity contribution in [3.05, 3.63) is 36.1 Å². The summed E-state index contributed by atoms with van der Waals surface area (Å²) in [6, 6.07) is 0. The lowest BCUT2D eigenvalue weighted by atomic mass is 9.93. The van der Waals surface area contributed by atoms with Gasteiger partial charge < -0.3 is 4.65 Å². The molecule has 0 aromatic rings. The Morgan fingerprint density at radius 2 is 2.09 bits per heavy atom. The van der Waals surface area contributed by atoms with Gasteiger partial charge in [-0.3, -0.25) is 0 Å². The molecule has 0 aromatic carbocycles. The summed E-state index contributed by atoms with van der Waals surface area (Å²) in [5.41, 5.74) is 0.150. The predicted molar refractivity (Wildman–Crippen MR) is 49.8 cm³/mol. The minimum Gasteiger partial charge on any atom is -0.568 e. The molecule has 1 rings (SSSR count). The minimum absolute atomic E-state index is 0.150. The topological polar surface area (TPSA) is 9.23 Å². The zero-order chi connectivity index (χ0) is 8.32. The monoisotopic (exact) mass is 148 g/mol. The molecule has 0 aromatic heterocycles. The van der Waals surface area contributed by atoms with E-state index in [0.717, 1.165) is 5.76 Å². The molecular weight excluding hydrogens is 135 g/mol. The van der Waals surface area contributed by atoms with Crippen molar-refractivity contribution in [2.24, 2.45) is 5.41 Å². The van der Waals surface area contributed by atoms with Crippen LogP contribution in [0.2, 0.25) is 0 Å². The highest BCUT2D eigenvalue weighted by Crippen LogP contribution is 2.22. The van der Waals surface area contributed by atoms with Crippen molar-refractivity contribution in [1.82, 2.24) is 0 Å². The van der Waals surface area contributed by atoms with Gasteiger partial charge in [0.1, 0.15) is 0 Å². The van der Waals surface area contributed by atoms with E-state index in [2.05, 4.69) is 26.0 Å². The molecule has 2 heteroatoms. The third-order valence-electron chi connectivity index (χ3n) is 1.70. The molecule has 1 aliphatic rings. The first-order valence-electron chi connectivity index (χ1n) is 3.77. The summed E-state index contributed by atoms with van der Waals surface area (Å²) in [6.07, 6.45) is 10.3. The number of hydrogen-bond acceptors (Lipinski definition) is 1. The average Bonchev–Trinajstić information content (AvgIpc) is 2.10. The summed E-state index contributed by atoms with van der Waals surface area (Å²) < 4.78 is 5.09. The van der Waals surface area contributed by atoms with Gasteiger partial charge in [0.2, 0.25) is 0 Å².